The van der Waals surface area contributed by atoms with E-state index in [9.17, 15) is 9.59 Å². The summed E-state index contributed by atoms with van der Waals surface area (Å²) in [4.78, 5) is 21.9. The minimum atomic E-state index is -1.06. The topological polar surface area (TPSA) is 100 Å². The maximum absolute atomic E-state index is 10.9. The van der Waals surface area contributed by atoms with Crippen molar-refractivity contribution in [2.24, 2.45) is 0 Å². The fraction of sp³-hybridized carbons (Fsp3) is 0.600. The van der Waals surface area contributed by atoms with Gasteiger partial charge < -0.3 is 9.47 Å². The molecule has 0 bridgehead atoms. The molecule has 0 aromatic heterocycles. The van der Waals surface area contributed by atoms with Gasteiger partial charge in [0.25, 0.3) is 0 Å². The van der Waals surface area contributed by atoms with Gasteiger partial charge in [-0.3, -0.25) is 0 Å². The van der Waals surface area contributed by atoms with Crippen molar-refractivity contribution in [1.29, 1.82) is 10.5 Å². The lowest BCUT2D eigenvalue weighted by molar-refractivity contribution is -0.167. The highest BCUT2D eigenvalue weighted by molar-refractivity contribution is 6.29. The SMILES string of the molecule is N#CCCCOC(=O)C(=O)OCCCC#N. The summed E-state index contributed by atoms with van der Waals surface area (Å²) in [6, 6.07) is 3.76. The minimum Gasteiger partial charge on any atom is -0.457 e. The number of hydrogen-bond donors (Lipinski definition) is 0. The van der Waals surface area contributed by atoms with E-state index >= 15 is 0 Å². The largest absolute Gasteiger partial charge is 0.457 e. The average Bonchev–Trinajstić information content (AvgIpc) is 2.29. The van der Waals surface area contributed by atoms with Gasteiger partial charge in [0.05, 0.1) is 25.4 Å². The van der Waals surface area contributed by atoms with Crippen molar-refractivity contribution in [3.63, 3.8) is 0 Å². The van der Waals surface area contributed by atoms with Crippen LogP contribution in [-0.4, -0.2) is 25.2 Å². The van der Waals surface area contributed by atoms with E-state index in [1.165, 1.54) is 0 Å². The van der Waals surface area contributed by atoms with Crippen LogP contribution in [0.2, 0.25) is 0 Å². The fourth-order valence-corrected chi connectivity index (χ4v) is 0.750. The molecular weight excluding hydrogens is 212 g/mol. The summed E-state index contributed by atoms with van der Waals surface area (Å²) in [6.45, 7) is 0.0549. The molecule has 0 saturated carbocycles. The Morgan fingerprint density at radius 2 is 1.25 bits per heavy atom. The van der Waals surface area contributed by atoms with E-state index in [0.717, 1.165) is 0 Å². The molecule has 0 heterocycles. The maximum Gasteiger partial charge on any atom is 0.417 e. The highest BCUT2D eigenvalue weighted by Crippen LogP contribution is 1.93. The predicted molar refractivity (Wildman–Crippen MR) is 51.6 cm³/mol. The van der Waals surface area contributed by atoms with Crippen molar-refractivity contribution in [2.45, 2.75) is 25.7 Å². The molecule has 0 N–H and O–H groups in total. The Morgan fingerprint density at radius 1 is 0.875 bits per heavy atom. The summed E-state index contributed by atoms with van der Waals surface area (Å²) < 4.78 is 9.07. The zero-order chi connectivity index (χ0) is 12.2. The lowest BCUT2D eigenvalue weighted by Gasteiger charge is -2.03. The third kappa shape index (κ3) is 7.34. The van der Waals surface area contributed by atoms with Crippen molar-refractivity contribution in [1.82, 2.24) is 0 Å². The molecule has 0 amide bonds. The standard InChI is InChI=1S/C10H12N2O4/c11-5-1-3-7-15-9(13)10(14)16-8-4-2-6-12/h1-4,7-8H2. The van der Waals surface area contributed by atoms with Gasteiger partial charge in [0.1, 0.15) is 0 Å². The van der Waals surface area contributed by atoms with Gasteiger partial charge in [-0.15, -0.1) is 0 Å². The second-order valence-electron chi connectivity index (χ2n) is 2.80. The van der Waals surface area contributed by atoms with Crippen LogP contribution in [0.25, 0.3) is 0 Å². The minimum absolute atomic E-state index is 0.0275. The molecule has 0 fully saturated rings. The summed E-state index contributed by atoms with van der Waals surface area (Å²) in [7, 11) is 0. The molecule has 0 atom stereocenters. The molecule has 0 spiro atoms. The van der Waals surface area contributed by atoms with E-state index in [-0.39, 0.29) is 26.1 Å². The van der Waals surface area contributed by atoms with Crippen LogP contribution >= 0.6 is 0 Å². The smallest absolute Gasteiger partial charge is 0.417 e. The lowest BCUT2D eigenvalue weighted by atomic mass is 10.3. The molecule has 86 valence electrons. The van der Waals surface area contributed by atoms with Crippen LogP contribution in [0, 0.1) is 22.7 Å². The van der Waals surface area contributed by atoms with Gasteiger partial charge in [0.15, 0.2) is 0 Å². The normalized spacial score (nSPS) is 8.62. The summed E-state index contributed by atoms with van der Waals surface area (Å²) in [5.74, 6) is -2.12. The van der Waals surface area contributed by atoms with Gasteiger partial charge in [-0.2, -0.15) is 10.5 Å². The molecule has 0 aliphatic carbocycles. The molecule has 0 aromatic carbocycles. The molecule has 6 nitrogen and oxygen atoms in total. The van der Waals surface area contributed by atoms with Gasteiger partial charge in [0, 0.05) is 12.8 Å². The molecule has 0 aliphatic heterocycles. The van der Waals surface area contributed by atoms with Gasteiger partial charge in [-0.1, -0.05) is 0 Å². The van der Waals surface area contributed by atoms with E-state index in [2.05, 4.69) is 9.47 Å². The molecule has 16 heavy (non-hydrogen) atoms. The van der Waals surface area contributed by atoms with Gasteiger partial charge in [0.2, 0.25) is 0 Å². The van der Waals surface area contributed by atoms with Crippen molar-refractivity contribution in [3.05, 3.63) is 0 Å². The summed E-state index contributed by atoms with van der Waals surface area (Å²) in [5, 5.41) is 16.4. The van der Waals surface area contributed by atoms with E-state index < -0.39 is 11.9 Å². The van der Waals surface area contributed by atoms with Gasteiger partial charge in [-0.05, 0) is 12.8 Å². The molecule has 0 rings (SSSR count). The average molecular weight is 224 g/mol. The molecule has 0 radical (unpaired) electrons. The molecular formula is C10H12N2O4. The highest BCUT2D eigenvalue weighted by Gasteiger charge is 2.16. The molecule has 0 saturated heterocycles. The number of hydrogen-bond acceptors (Lipinski definition) is 6. The third-order valence-electron chi connectivity index (χ3n) is 1.50. The van der Waals surface area contributed by atoms with Crippen LogP contribution in [0.5, 0.6) is 0 Å². The van der Waals surface area contributed by atoms with E-state index in [4.69, 9.17) is 10.5 Å². The van der Waals surface area contributed by atoms with Crippen molar-refractivity contribution < 1.29 is 19.1 Å². The Hall–Kier alpha value is -2.08. The van der Waals surface area contributed by atoms with Crippen LogP contribution in [0.15, 0.2) is 0 Å². The second-order valence-corrected chi connectivity index (χ2v) is 2.80. The third-order valence-corrected chi connectivity index (χ3v) is 1.50. The van der Waals surface area contributed by atoms with Crippen molar-refractivity contribution in [2.75, 3.05) is 13.2 Å². The van der Waals surface area contributed by atoms with E-state index in [1.54, 1.807) is 0 Å². The summed E-state index contributed by atoms with van der Waals surface area (Å²) >= 11 is 0. The Labute approximate surface area is 93.4 Å². The lowest BCUT2D eigenvalue weighted by Crippen LogP contribution is -2.21. The van der Waals surface area contributed by atoms with Crippen LogP contribution in [-0.2, 0) is 19.1 Å². The van der Waals surface area contributed by atoms with E-state index in [0.29, 0.717) is 12.8 Å². The van der Waals surface area contributed by atoms with Crippen LogP contribution in [0.1, 0.15) is 25.7 Å². The first-order valence-corrected chi connectivity index (χ1v) is 4.80. The summed E-state index contributed by atoms with van der Waals surface area (Å²) in [5.41, 5.74) is 0. The number of unbranched alkanes of at least 4 members (excludes halogenated alkanes) is 2. The van der Waals surface area contributed by atoms with E-state index in [1.807, 2.05) is 12.1 Å². The number of esters is 2. The maximum atomic E-state index is 10.9. The monoisotopic (exact) mass is 224 g/mol. The Morgan fingerprint density at radius 3 is 1.56 bits per heavy atom. The van der Waals surface area contributed by atoms with Crippen LogP contribution in [0.3, 0.4) is 0 Å². The zero-order valence-corrected chi connectivity index (χ0v) is 8.77. The van der Waals surface area contributed by atoms with Crippen molar-refractivity contribution in [3.8, 4) is 12.1 Å². The first kappa shape index (κ1) is 13.9. The molecule has 0 aliphatic rings. The number of rotatable bonds is 6. The number of nitrogens with zero attached hydrogens (tertiary/aromatic N) is 2. The quantitative estimate of drug-likeness (QED) is 0.373. The number of ether oxygens (including phenoxy) is 2. The number of carbonyl (C=O) groups excluding carboxylic acids is 2. The first-order valence-electron chi connectivity index (χ1n) is 4.80. The Balaban J connectivity index is 3.55. The summed E-state index contributed by atoms with van der Waals surface area (Å²) in [6.07, 6.45) is 1.32. The van der Waals surface area contributed by atoms with Gasteiger partial charge >= 0.3 is 11.9 Å². The fourth-order valence-electron chi connectivity index (χ4n) is 0.750. The Bertz CT molecular complexity index is 282. The Kier molecular flexibility index (Phi) is 8.24. The number of nitriles is 2. The highest BCUT2D eigenvalue weighted by atomic mass is 16.6. The molecule has 0 aromatic rings. The first-order chi connectivity index (χ1) is 7.72. The number of carbonyl (C=O) groups is 2. The van der Waals surface area contributed by atoms with Crippen molar-refractivity contribution >= 4 is 11.9 Å². The zero-order valence-electron chi connectivity index (χ0n) is 8.77. The van der Waals surface area contributed by atoms with Crippen LogP contribution in [0.4, 0.5) is 0 Å². The van der Waals surface area contributed by atoms with Crippen LogP contribution < -0.4 is 0 Å². The molecule has 0 unspecified atom stereocenters. The predicted octanol–water partition coefficient (Wildman–Crippen LogP) is 0.680. The van der Waals surface area contributed by atoms with Gasteiger partial charge in [-0.25, -0.2) is 9.59 Å². The second kappa shape index (κ2) is 9.47. The molecule has 6 heteroatoms.